The predicted molar refractivity (Wildman–Crippen MR) is 63.1 cm³/mol. The van der Waals surface area contributed by atoms with Crippen molar-refractivity contribution in [1.29, 1.82) is 0 Å². The molecule has 0 spiro atoms. The van der Waals surface area contributed by atoms with Crippen molar-refractivity contribution in [3.05, 3.63) is 29.3 Å². The van der Waals surface area contributed by atoms with Gasteiger partial charge in [0.2, 0.25) is 5.78 Å². The average molecular weight is 233 g/mol. The zero-order chi connectivity index (χ0) is 12.4. The molecule has 2 aromatic rings. The molecule has 5 nitrogen and oxygen atoms in total. The number of aromatic nitrogens is 3. The third-order valence-corrected chi connectivity index (χ3v) is 2.48. The largest absolute Gasteiger partial charge is 0.461 e. The third kappa shape index (κ3) is 2.00. The maximum absolute atomic E-state index is 11.9. The molecule has 0 atom stereocenters. The highest BCUT2D eigenvalue weighted by molar-refractivity contribution is 5.89. The minimum absolute atomic E-state index is 0.343. The molecule has 0 aliphatic heterocycles. The Balaban J connectivity index is 2.64. The highest BCUT2D eigenvalue weighted by atomic mass is 16.5. The fourth-order valence-corrected chi connectivity index (χ4v) is 1.74. The van der Waals surface area contributed by atoms with Gasteiger partial charge in [0.15, 0.2) is 5.69 Å². The van der Waals surface area contributed by atoms with Crippen LogP contribution in [0.3, 0.4) is 0 Å². The molecule has 0 saturated heterocycles. The SMILES string of the molecule is CCOC(=O)c1c(CC)nc2ncc(C)cn12. The van der Waals surface area contributed by atoms with E-state index in [1.807, 2.05) is 20.0 Å². The molecule has 17 heavy (non-hydrogen) atoms. The smallest absolute Gasteiger partial charge is 0.357 e. The Hall–Kier alpha value is -1.91. The normalized spacial score (nSPS) is 10.8. The molecule has 0 radical (unpaired) electrons. The first-order chi connectivity index (χ1) is 8.17. The molecular formula is C12H15N3O2. The Morgan fingerprint density at radius 2 is 2.24 bits per heavy atom. The highest BCUT2D eigenvalue weighted by Crippen LogP contribution is 2.14. The van der Waals surface area contributed by atoms with E-state index in [1.54, 1.807) is 17.5 Å². The maximum atomic E-state index is 11.9. The lowest BCUT2D eigenvalue weighted by Gasteiger charge is -2.03. The number of rotatable bonds is 3. The monoisotopic (exact) mass is 233 g/mol. The number of carbonyl (C=O) groups is 1. The summed E-state index contributed by atoms with van der Waals surface area (Å²) in [6.45, 7) is 6.02. The van der Waals surface area contributed by atoms with Crippen LogP contribution in [-0.4, -0.2) is 26.9 Å². The van der Waals surface area contributed by atoms with E-state index in [1.165, 1.54) is 0 Å². The number of hydrogen-bond donors (Lipinski definition) is 0. The molecular weight excluding hydrogens is 218 g/mol. The average Bonchev–Trinajstić information content (AvgIpc) is 2.66. The van der Waals surface area contributed by atoms with Crippen LogP contribution < -0.4 is 0 Å². The first-order valence-electron chi connectivity index (χ1n) is 5.68. The summed E-state index contributed by atoms with van der Waals surface area (Å²) >= 11 is 0. The van der Waals surface area contributed by atoms with Gasteiger partial charge in [0.25, 0.3) is 0 Å². The van der Waals surface area contributed by atoms with Gasteiger partial charge in [-0.2, -0.15) is 0 Å². The minimum atomic E-state index is -0.343. The Kier molecular flexibility index (Phi) is 3.08. The maximum Gasteiger partial charge on any atom is 0.357 e. The van der Waals surface area contributed by atoms with Gasteiger partial charge in [0.1, 0.15) is 0 Å². The molecule has 0 unspecified atom stereocenters. The molecule has 0 amide bonds. The van der Waals surface area contributed by atoms with Crippen LogP contribution in [0.1, 0.15) is 35.6 Å². The number of hydrogen-bond acceptors (Lipinski definition) is 4. The molecule has 0 aliphatic carbocycles. The van der Waals surface area contributed by atoms with Crippen LogP contribution in [0.15, 0.2) is 12.4 Å². The number of nitrogens with zero attached hydrogens (tertiary/aromatic N) is 3. The second-order valence-electron chi connectivity index (χ2n) is 3.78. The van der Waals surface area contributed by atoms with Crippen LogP contribution in [-0.2, 0) is 11.2 Å². The lowest BCUT2D eigenvalue weighted by molar-refractivity contribution is 0.0517. The number of imidazole rings is 1. The van der Waals surface area contributed by atoms with Gasteiger partial charge >= 0.3 is 5.97 Å². The van der Waals surface area contributed by atoms with E-state index in [2.05, 4.69) is 9.97 Å². The second-order valence-corrected chi connectivity index (χ2v) is 3.78. The van der Waals surface area contributed by atoms with Crippen molar-refractivity contribution in [2.75, 3.05) is 6.61 Å². The quantitative estimate of drug-likeness (QED) is 0.758. The highest BCUT2D eigenvalue weighted by Gasteiger charge is 2.19. The molecule has 5 heteroatoms. The zero-order valence-electron chi connectivity index (χ0n) is 10.2. The van der Waals surface area contributed by atoms with Gasteiger partial charge in [-0.05, 0) is 25.8 Å². The first kappa shape index (κ1) is 11.6. The van der Waals surface area contributed by atoms with Crippen molar-refractivity contribution in [2.24, 2.45) is 0 Å². The van der Waals surface area contributed by atoms with Crippen LogP contribution in [0, 0.1) is 6.92 Å². The molecule has 0 aliphatic rings. The fraction of sp³-hybridized carbons (Fsp3) is 0.417. The van der Waals surface area contributed by atoms with E-state index in [9.17, 15) is 4.79 Å². The van der Waals surface area contributed by atoms with Gasteiger partial charge in [-0.1, -0.05) is 6.92 Å². The van der Waals surface area contributed by atoms with Crippen molar-refractivity contribution in [3.63, 3.8) is 0 Å². The number of carbonyl (C=O) groups excluding carboxylic acids is 1. The van der Waals surface area contributed by atoms with Crippen LogP contribution in [0.2, 0.25) is 0 Å². The summed E-state index contributed by atoms with van der Waals surface area (Å²) in [5.74, 6) is 0.194. The van der Waals surface area contributed by atoms with Crippen LogP contribution in [0.5, 0.6) is 0 Å². The van der Waals surface area contributed by atoms with E-state index in [0.717, 1.165) is 11.3 Å². The predicted octanol–water partition coefficient (Wildman–Crippen LogP) is 1.78. The first-order valence-corrected chi connectivity index (χ1v) is 5.68. The van der Waals surface area contributed by atoms with Gasteiger partial charge in [-0.3, -0.25) is 4.40 Å². The van der Waals surface area contributed by atoms with Gasteiger partial charge < -0.3 is 4.74 Å². The third-order valence-electron chi connectivity index (χ3n) is 2.48. The summed E-state index contributed by atoms with van der Waals surface area (Å²) in [6, 6.07) is 0. The molecule has 0 bridgehead atoms. The van der Waals surface area contributed by atoms with E-state index in [-0.39, 0.29) is 5.97 Å². The van der Waals surface area contributed by atoms with Crippen molar-refractivity contribution in [1.82, 2.24) is 14.4 Å². The molecule has 0 saturated carbocycles. The number of fused-ring (bicyclic) bond motifs is 1. The molecule has 2 rings (SSSR count). The van der Waals surface area contributed by atoms with Crippen molar-refractivity contribution < 1.29 is 9.53 Å². The van der Waals surface area contributed by atoms with Gasteiger partial charge in [-0.25, -0.2) is 14.8 Å². The zero-order valence-corrected chi connectivity index (χ0v) is 10.2. The lowest BCUT2D eigenvalue weighted by atomic mass is 10.2. The Labute approximate surface area is 99.5 Å². The van der Waals surface area contributed by atoms with Crippen LogP contribution in [0.4, 0.5) is 0 Å². The van der Waals surface area contributed by atoms with Crippen molar-refractivity contribution in [2.45, 2.75) is 27.2 Å². The number of ether oxygens (including phenoxy) is 1. The van der Waals surface area contributed by atoms with Crippen LogP contribution in [0.25, 0.3) is 5.78 Å². The van der Waals surface area contributed by atoms with Gasteiger partial charge in [0, 0.05) is 12.4 Å². The van der Waals surface area contributed by atoms with Gasteiger partial charge in [0.05, 0.1) is 12.3 Å². The Morgan fingerprint density at radius 3 is 2.88 bits per heavy atom. The summed E-state index contributed by atoms with van der Waals surface area (Å²) in [6.07, 6.45) is 4.26. The topological polar surface area (TPSA) is 56.5 Å². The standard InChI is InChI=1S/C12H15N3O2/c1-4-9-10(11(16)17-5-2)15-7-8(3)6-13-12(15)14-9/h6-7H,4-5H2,1-3H3. The Morgan fingerprint density at radius 1 is 1.47 bits per heavy atom. The summed E-state index contributed by atoms with van der Waals surface area (Å²) in [5.41, 5.74) is 2.19. The number of aryl methyl sites for hydroxylation is 2. The molecule has 90 valence electrons. The molecule has 0 aromatic carbocycles. The summed E-state index contributed by atoms with van der Waals surface area (Å²) in [4.78, 5) is 20.4. The summed E-state index contributed by atoms with van der Waals surface area (Å²) < 4.78 is 6.75. The number of esters is 1. The van der Waals surface area contributed by atoms with E-state index < -0.39 is 0 Å². The summed E-state index contributed by atoms with van der Waals surface area (Å²) in [7, 11) is 0. The second kappa shape index (κ2) is 4.53. The van der Waals surface area contributed by atoms with Gasteiger partial charge in [-0.15, -0.1) is 0 Å². The molecule has 0 fully saturated rings. The molecule has 2 aromatic heterocycles. The summed E-state index contributed by atoms with van der Waals surface area (Å²) in [5, 5.41) is 0. The minimum Gasteiger partial charge on any atom is -0.461 e. The lowest BCUT2D eigenvalue weighted by Crippen LogP contribution is -2.10. The van der Waals surface area contributed by atoms with Crippen LogP contribution >= 0.6 is 0 Å². The van der Waals surface area contributed by atoms with E-state index in [0.29, 0.717) is 24.5 Å². The molecule has 0 N–H and O–H groups in total. The van der Waals surface area contributed by atoms with E-state index in [4.69, 9.17) is 4.74 Å². The Bertz CT molecular complexity index is 560. The molecule has 2 heterocycles. The van der Waals surface area contributed by atoms with Crippen molar-refractivity contribution in [3.8, 4) is 0 Å². The van der Waals surface area contributed by atoms with Crippen molar-refractivity contribution >= 4 is 11.7 Å². The fourth-order valence-electron chi connectivity index (χ4n) is 1.74. The van der Waals surface area contributed by atoms with E-state index >= 15 is 0 Å².